The summed E-state index contributed by atoms with van der Waals surface area (Å²) in [7, 11) is 1.52. The number of nitrogens with zero attached hydrogens (tertiary/aromatic N) is 3. The lowest BCUT2D eigenvalue weighted by Crippen LogP contribution is -2.20. The number of nitrogen functional groups attached to an aromatic ring is 1. The maximum atomic E-state index is 12.4. The van der Waals surface area contributed by atoms with E-state index in [2.05, 4.69) is 15.5 Å². The molecule has 0 fully saturated rings. The van der Waals surface area contributed by atoms with Crippen LogP contribution in [-0.2, 0) is 6.61 Å². The molecule has 10 nitrogen and oxygen atoms in total. The first kappa shape index (κ1) is 26.0. The molecule has 2 aromatic carbocycles. The van der Waals surface area contributed by atoms with Crippen molar-refractivity contribution in [1.82, 2.24) is 10.4 Å². The van der Waals surface area contributed by atoms with Crippen LogP contribution in [0, 0.1) is 17.0 Å². The van der Waals surface area contributed by atoms with E-state index in [0.717, 1.165) is 0 Å². The van der Waals surface area contributed by atoms with Crippen molar-refractivity contribution in [2.24, 2.45) is 5.10 Å². The second-order valence-electron chi connectivity index (χ2n) is 7.06. The molecule has 3 aromatic rings. The molecule has 0 unspecified atom stereocenters. The van der Waals surface area contributed by atoms with E-state index < -0.39 is 10.8 Å². The fourth-order valence-electron chi connectivity index (χ4n) is 2.98. The summed E-state index contributed by atoms with van der Waals surface area (Å²) in [6.07, 6.45) is 1.39. The van der Waals surface area contributed by atoms with Gasteiger partial charge >= 0.3 is 0 Å². The number of aromatic nitrogens is 1. The average molecular weight is 539 g/mol. The summed E-state index contributed by atoms with van der Waals surface area (Å²) in [5.74, 6) is 0.293. The Bertz CT molecular complexity index is 1330. The van der Waals surface area contributed by atoms with Gasteiger partial charge in [-0.15, -0.1) is 0 Å². The Morgan fingerprint density at radius 1 is 1.23 bits per heavy atom. The zero-order chi connectivity index (χ0) is 25.7. The van der Waals surface area contributed by atoms with Crippen LogP contribution in [-0.4, -0.2) is 29.1 Å². The lowest BCUT2D eigenvalue weighted by molar-refractivity contribution is -0.385. The largest absolute Gasteiger partial charge is 0.496 e. The number of carbonyl (C=O) groups is 1. The molecule has 0 bridgehead atoms. The van der Waals surface area contributed by atoms with Crippen molar-refractivity contribution in [2.45, 2.75) is 13.5 Å². The molecule has 0 aliphatic carbocycles. The van der Waals surface area contributed by atoms with Crippen molar-refractivity contribution in [3.05, 3.63) is 84.1 Å². The van der Waals surface area contributed by atoms with E-state index in [9.17, 15) is 14.9 Å². The fourth-order valence-corrected chi connectivity index (χ4v) is 3.57. The van der Waals surface area contributed by atoms with Gasteiger partial charge < -0.3 is 15.2 Å². The first-order chi connectivity index (χ1) is 16.6. The molecule has 0 aliphatic heterocycles. The molecule has 1 amide bonds. The molecule has 0 spiro atoms. The quantitative estimate of drug-likeness (QED) is 0.174. The van der Waals surface area contributed by atoms with Crippen molar-refractivity contribution < 1.29 is 19.2 Å². The molecule has 13 heteroatoms. The summed E-state index contributed by atoms with van der Waals surface area (Å²) in [6, 6.07) is 9.66. The van der Waals surface area contributed by atoms with Gasteiger partial charge in [-0.3, -0.25) is 14.9 Å². The van der Waals surface area contributed by atoms with Crippen LogP contribution in [0.3, 0.4) is 0 Å². The van der Waals surface area contributed by atoms with Crippen molar-refractivity contribution in [1.29, 1.82) is 0 Å². The number of ether oxygens (including phenoxy) is 2. The van der Waals surface area contributed by atoms with Gasteiger partial charge in [0.15, 0.2) is 10.8 Å². The molecule has 0 atom stereocenters. The zero-order valence-corrected chi connectivity index (χ0v) is 20.6. The van der Waals surface area contributed by atoms with Gasteiger partial charge in [0.1, 0.15) is 23.1 Å². The zero-order valence-electron chi connectivity index (χ0n) is 18.3. The number of carbonyl (C=O) groups excluding carboxylic acids is 1. The maximum Gasteiger partial charge on any atom is 0.291 e. The standard InChI is InChI=1S/C22H18Cl3N5O5/c1-11-7-14(4-5-15(11)30(32)33)35-10-13-8-12(3-6-16(13)34-2)9-27-29-22(31)20-17(23)19(26)18(24)21(25)28-20/h3-9H,10H2,1-2H3,(H2,26,28)(H,29,31)/b27-9+. The monoisotopic (exact) mass is 537 g/mol. The van der Waals surface area contributed by atoms with Crippen LogP contribution >= 0.6 is 34.8 Å². The molecule has 182 valence electrons. The summed E-state index contributed by atoms with van der Waals surface area (Å²) in [6.45, 7) is 1.75. The maximum absolute atomic E-state index is 12.4. The number of halogens is 3. The van der Waals surface area contributed by atoms with Crippen molar-refractivity contribution in [3.63, 3.8) is 0 Å². The number of pyridine rings is 1. The number of anilines is 1. The minimum Gasteiger partial charge on any atom is -0.496 e. The van der Waals surface area contributed by atoms with Crippen LogP contribution < -0.4 is 20.6 Å². The molecule has 1 aromatic heterocycles. The number of hydrazone groups is 1. The van der Waals surface area contributed by atoms with Crippen LogP contribution in [0.25, 0.3) is 0 Å². The van der Waals surface area contributed by atoms with E-state index in [0.29, 0.717) is 28.2 Å². The van der Waals surface area contributed by atoms with Crippen LogP contribution in [0.4, 0.5) is 11.4 Å². The van der Waals surface area contributed by atoms with Gasteiger partial charge in [0.05, 0.1) is 29.0 Å². The van der Waals surface area contributed by atoms with E-state index >= 15 is 0 Å². The highest BCUT2D eigenvalue weighted by atomic mass is 35.5. The van der Waals surface area contributed by atoms with Crippen molar-refractivity contribution >= 4 is 58.3 Å². The van der Waals surface area contributed by atoms with Gasteiger partial charge in [0, 0.05) is 17.2 Å². The van der Waals surface area contributed by atoms with E-state index in [1.165, 1.54) is 25.5 Å². The average Bonchev–Trinajstić information content (AvgIpc) is 2.83. The second-order valence-corrected chi connectivity index (χ2v) is 8.17. The van der Waals surface area contributed by atoms with Crippen molar-refractivity contribution in [3.8, 4) is 11.5 Å². The molecule has 0 radical (unpaired) electrons. The van der Waals surface area contributed by atoms with Crippen molar-refractivity contribution in [2.75, 3.05) is 12.8 Å². The molecule has 3 rings (SSSR count). The summed E-state index contributed by atoms with van der Waals surface area (Å²) in [5, 5.41) is 14.5. The van der Waals surface area contributed by atoms with E-state index in [-0.39, 0.29) is 38.9 Å². The highest BCUT2D eigenvalue weighted by Gasteiger charge is 2.19. The Morgan fingerprint density at radius 2 is 1.97 bits per heavy atom. The normalized spacial score (nSPS) is 10.9. The molecule has 0 aliphatic rings. The van der Waals surface area contributed by atoms with Crippen LogP contribution in [0.1, 0.15) is 27.2 Å². The number of nitro benzene ring substituents is 1. The highest BCUT2D eigenvalue weighted by Crippen LogP contribution is 2.34. The van der Waals surface area contributed by atoms with Gasteiger partial charge in [-0.1, -0.05) is 34.8 Å². The van der Waals surface area contributed by atoms with E-state index in [4.69, 9.17) is 50.0 Å². The van der Waals surface area contributed by atoms with Crippen LogP contribution in [0.5, 0.6) is 11.5 Å². The number of hydrogen-bond donors (Lipinski definition) is 2. The van der Waals surface area contributed by atoms with Crippen LogP contribution in [0.2, 0.25) is 15.2 Å². The fraction of sp³-hybridized carbons (Fsp3) is 0.136. The predicted octanol–water partition coefficient (Wildman–Crippen LogP) is 5.19. The molecule has 0 saturated carbocycles. The minimum atomic E-state index is -0.734. The topological polar surface area (TPSA) is 142 Å². The predicted molar refractivity (Wildman–Crippen MR) is 134 cm³/mol. The lowest BCUT2D eigenvalue weighted by atomic mass is 10.1. The number of nitrogens with two attached hydrogens (primary N) is 1. The van der Waals surface area contributed by atoms with E-state index in [1.54, 1.807) is 31.2 Å². The molecular formula is C22H18Cl3N5O5. The summed E-state index contributed by atoms with van der Waals surface area (Å²) in [4.78, 5) is 26.7. The Morgan fingerprint density at radius 3 is 2.63 bits per heavy atom. The van der Waals surface area contributed by atoms with Gasteiger partial charge in [0.25, 0.3) is 11.6 Å². The molecule has 0 saturated heterocycles. The highest BCUT2D eigenvalue weighted by molar-refractivity contribution is 6.46. The SMILES string of the molecule is COc1ccc(/C=N/NC(=O)c2nc(Cl)c(Cl)c(N)c2Cl)cc1COc1ccc([N+](=O)[O-])c(C)c1. The number of hydrogen-bond acceptors (Lipinski definition) is 8. The van der Waals surface area contributed by atoms with E-state index in [1.807, 2.05) is 0 Å². The van der Waals surface area contributed by atoms with Gasteiger partial charge in [-0.25, -0.2) is 10.4 Å². The Kier molecular flexibility index (Phi) is 8.34. The smallest absolute Gasteiger partial charge is 0.291 e. The Labute approximate surface area is 214 Å². The summed E-state index contributed by atoms with van der Waals surface area (Å²) in [5.41, 5.74) is 9.53. The van der Waals surface area contributed by atoms with Gasteiger partial charge in [-0.2, -0.15) is 5.10 Å². The van der Waals surface area contributed by atoms with Gasteiger partial charge in [0.2, 0.25) is 0 Å². The minimum absolute atomic E-state index is 0.00947. The number of amides is 1. The number of benzene rings is 2. The third-order valence-electron chi connectivity index (χ3n) is 4.73. The third-order valence-corrected chi connectivity index (χ3v) is 5.87. The first-order valence-corrected chi connectivity index (χ1v) is 10.9. The molecular weight excluding hydrogens is 521 g/mol. The Balaban J connectivity index is 1.72. The molecule has 1 heterocycles. The number of rotatable bonds is 8. The second kappa shape index (κ2) is 11.2. The van der Waals surface area contributed by atoms with Crippen LogP contribution in [0.15, 0.2) is 41.5 Å². The lowest BCUT2D eigenvalue weighted by Gasteiger charge is -2.12. The number of nitro groups is 1. The third kappa shape index (κ3) is 6.10. The first-order valence-electron chi connectivity index (χ1n) is 9.80. The molecule has 3 N–H and O–H groups in total. The Hall–Kier alpha value is -3.60. The number of aryl methyl sites for hydroxylation is 1. The molecule has 35 heavy (non-hydrogen) atoms. The van der Waals surface area contributed by atoms with Gasteiger partial charge in [-0.05, 0) is 42.8 Å². The number of methoxy groups -OCH3 is 1. The number of nitrogens with one attached hydrogen (secondary N) is 1. The summed E-state index contributed by atoms with van der Waals surface area (Å²) < 4.78 is 11.1. The summed E-state index contributed by atoms with van der Waals surface area (Å²) >= 11 is 17.8.